The molecule has 0 unspecified atom stereocenters. The van der Waals surface area contributed by atoms with Gasteiger partial charge in [0.05, 0.1) is 0 Å². The van der Waals surface area contributed by atoms with Crippen LogP contribution in [-0.2, 0) is 0 Å². The van der Waals surface area contributed by atoms with Gasteiger partial charge in [0.25, 0.3) is 0 Å². The van der Waals surface area contributed by atoms with Crippen LogP contribution in [0, 0.1) is 0 Å². The summed E-state index contributed by atoms with van der Waals surface area (Å²) in [4.78, 5) is 18.9. The molecule has 0 bridgehead atoms. The molecule has 0 aromatic carbocycles. The van der Waals surface area contributed by atoms with Crippen LogP contribution in [0.5, 0.6) is 0 Å². The van der Waals surface area contributed by atoms with Crippen LogP contribution in [0.4, 0.5) is 0 Å². The van der Waals surface area contributed by atoms with Crippen LogP contribution in [0.1, 0.15) is 17.4 Å². The number of nitrogens with zero attached hydrogens (tertiary/aromatic N) is 3. The Kier molecular flexibility index (Phi) is 2.59. The van der Waals surface area contributed by atoms with Crippen molar-refractivity contribution in [2.75, 3.05) is 5.75 Å². The second-order valence-electron chi connectivity index (χ2n) is 2.79. The van der Waals surface area contributed by atoms with Crippen molar-refractivity contribution in [1.82, 2.24) is 14.4 Å². The molecule has 2 heterocycles. The molecule has 0 saturated carbocycles. The molecule has 78 valence electrons. The SMILES string of the molecule is CCSc1c(C(=O)O)nc2ncccn12. The summed E-state index contributed by atoms with van der Waals surface area (Å²) in [6, 6.07) is 1.75. The molecule has 5 nitrogen and oxygen atoms in total. The molecule has 0 atom stereocenters. The third-order valence-electron chi connectivity index (χ3n) is 1.84. The predicted molar refractivity (Wildman–Crippen MR) is 56.3 cm³/mol. The van der Waals surface area contributed by atoms with E-state index >= 15 is 0 Å². The molecule has 6 heteroatoms. The first kappa shape index (κ1) is 9.97. The first-order valence-corrected chi connectivity index (χ1v) is 5.41. The Balaban J connectivity index is 2.68. The van der Waals surface area contributed by atoms with E-state index in [1.54, 1.807) is 22.9 Å². The van der Waals surface area contributed by atoms with Gasteiger partial charge in [0.15, 0.2) is 5.69 Å². The molecule has 2 aromatic heterocycles. The van der Waals surface area contributed by atoms with Crippen molar-refractivity contribution in [3.63, 3.8) is 0 Å². The van der Waals surface area contributed by atoms with Crippen LogP contribution in [0.3, 0.4) is 0 Å². The summed E-state index contributed by atoms with van der Waals surface area (Å²) in [5.74, 6) is 0.200. The molecule has 0 radical (unpaired) electrons. The largest absolute Gasteiger partial charge is 0.476 e. The van der Waals surface area contributed by atoms with E-state index in [4.69, 9.17) is 5.11 Å². The Bertz CT molecular complexity index is 509. The Morgan fingerprint density at radius 2 is 2.47 bits per heavy atom. The maximum absolute atomic E-state index is 10.9. The number of rotatable bonds is 3. The van der Waals surface area contributed by atoms with Crippen molar-refractivity contribution in [1.29, 1.82) is 0 Å². The zero-order valence-corrected chi connectivity index (χ0v) is 8.86. The van der Waals surface area contributed by atoms with Crippen molar-refractivity contribution in [2.45, 2.75) is 11.9 Å². The zero-order valence-electron chi connectivity index (χ0n) is 8.04. The predicted octanol–water partition coefficient (Wildman–Crippen LogP) is 1.54. The van der Waals surface area contributed by atoms with E-state index in [0.29, 0.717) is 10.8 Å². The monoisotopic (exact) mass is 223 g/mol. The maximum atomic E-state index is 10.9. The number of imidazole rings is 1. The lowest BCUT2D eigenvalue weighted by Gasteiger charge is -1.98. The standard InChI is InChI=1S/C9H9N3O2S/c1-2-15-7-6(8(13)14)11-9-10-4-3-5-12(7)9/h3-5H,2H2,1H3,(H,13,14). The van der Waals surface area contributed by atoms with Gasteiger partial charge >= 0.3 is 5.97 Å². The Morgan fingerprint density at radius 3 is 3.13 bits per heavy atom. The average Bonchev–Trinajstić information content (AvgIpc) is 2.58. The highest BCUT2D eigenvalue weighted by atomic mass is 32.2. The summed E-state index contributed by atoms with van der Waals surface area (Å²) in [5.41, 5.74) is 0.0700. The van der Waals surface area contributed by atoms with Crippen LogP contribution in [0.25, 0.3) is 5.78 Å². The van der Waals surface area contributed by atoms with Gasteiger partial charge in [-0.25, -0.2) is 14.8 Å². The van der Waals surface area contributed by atoms with Crippen LogP contribution in [-0.4, -0.2) is 31.2 Å². The van der Waals surface area contributed by atoms with Gasteiger partial charge in [-0.3, -0.25) is 4.40 Å². The zero-order chi connectivity index (χ0) is 10.8. The van der Waals surface area contributed by atoms with E-state index in [0.717, 1.165) is 5.75 Å². The quantitative estimate of drug-likeness (QED) is 0.799. The van der Waals surface area contributed by atoms with E-state index in [9.17, 15) is 4.79 Å². The van der Waals surface area contributed by atoms with Crippen molar-refractivity contribution in [2.24, 2.45) is 0 Å². The summed E-state index contributed by atoms with van der Waals surface area (Å²) < 4.78 is 1.69. The molecule has 0 spiro atoms. The van der Waals surface area contributed by atoms with E-state index < -0.39 is 5.97 Å². The first-order chi connectivity index (χ1) is 7.24. The Labute approximate surface area is 90.2 Å². The summed E-state index contributed by atoms with van der Waals surface area (Å²) >= 11 is 1.45. The minimum absolute atomic E-state index is 0.0700. The molecule has 2 rings (SSSR count). The van der Waals surface area contributed by atoms with Gasteiger partial charge in [-0.15, -0.1) is 11.8 Å². The summed E-state index contributed by atoms with van der Waals surface area (Å²) in [6.07, 6.45) is 3.36. The van der Waals surface area contributed by atoms with Gasteiger partial charge in [-0.05, 0) is 11.8 Å². The summed E-state index contributed by atoms with van der Waals surface area (Å²) in [7, 11) is 0. The topological polar surface area (TPSA) is 67.5 Å². The minimum Gasteiger partial charge on any atom is -0.476 e. The highest BCUT2D eigenvalue weighted by molar-refractivity contribution is 7.99. The molecule has 0 amide bonds. The highest BCUT2D eigenvalue weighted by Gasteiger charge is 2.18. The fourth-order valence-corrected chi connectivity index (χ4v) is 2.10. The van der Waals surface area contributed by atoms with Crippen LogP contribution in [0.15, 0.2) is 23.5 Å². The fraction of sp³-hybridized carbons (Fsp3) is 0.222. The van der Waals surface area contributed by atoms with Crippen molar-refractivity contribution >= 4 is 23.5 Å². The average molecular weight is 223 g/mol. The van der Waals surface area contributed by atoms with Gasteiger partial charge in [-0.2, -0.15) is 0 Å². The molecule has 0 aliphatic rings. The molecular formula is C9H9N3O2S. The summed E-state index contributed by atoms with van der Waals surface area (Å²) in [5, 5.41) is 9.61. The van der Waals surface area contributed by atoms with Gasteiger partial charge in [-0.1, -0.05) is 6.92 Å². The second-order valence-corrected chi connectivity index (χ2v) is 4.05. The first-order valence-electron chi connectivity index (χ1n) is 4.43. The third kappa shape index (κ3) is 1.68. The van der Waals surface area contributed by atoms with Gasteiger partial charge in [0.1, 0.15) is 5.03 Å². The van der Waals surface area contributed by atoms with Crippen molar-refractivity contribution < 1.29 is 9.90 Å². The van der Waals surface area contributed by atoms with Gasteiger partial charge < -0.3 is 5.11 Å². The Hall–Kier alpha value is -1.56. The van der Waals surface area contributed by atoms with E-state index in [1.807, 2.05) is 6.92 Å². The van der Waals surface area contributed by atoms with Crippen LogP contribution in [0.2, 0.25) is 0 Å². The molecule has 1 N–H and O–H groups in total. The molecule has 0 aliphatic carbocycles. The van der Waals surface area contributed by atoms with E-state index in [-0.39, 0.29) is 5.69 Å². The number of carboxylic acid groups (broad SMARTS) is 1. The van der Waals surface area contributed by atoms with Gasteiger partial charge in [0.2, 0.25) is 5.78 Å². The number of aromatic carboxylic acids is 1. The number of carbonyl (C=O) groups is 1. The molecule has 0 saturated heterocycles. The van der Waals surface area contributed by atoms with Crippen molar-refractivity contribution in [3.8, 4) is 0 Å². The minimum atomic E-state index is -1.02. The maximum Gasteiger partial charge on any atom is 0.357 e. The molecule has 2 aromatic rings. The molecular weight excluding hydrogens is 214 g/mol. The fourth-order valence-electron chi connectivity index (χ4n) is 1.28. The number of thioether (sulfide) groups is 1. The highest BCUT2D eigenvalue weighted by Crippen LogP contribution is 2.23. The smallest absolute Gasteiger partial charge is 0.357 e. The van der Waals surface area contributed by atoms with Gasteiger partial charge in [0, 0.05) is 12.4 Å². The number of fused-ring (bicyclic) bond motifs is 1. The number of aromatic nitrogens is 3. The third-order valence-corrected chi connectivity index (χ3v) is 2.80. The lowest BCUT2D eigenvalue weighted by atomic mass is 10.5. The van der Waals surface area contributed by atoms with E-state index in [2.05, 4.69) is 9.97 Å². The van der Waals surface area contributed by atoms with Crippen LogP contribution >= 0.6 is 11.8 Å². The Morgan fingerprint density at radius 1 is 1.67 bits per heavy atom. The van der Waals surface area contributed by atoms with Crippen molar-refractivity contribution in [3.05, 3.63) is 24.2 Å². The second kappa shape index (κ2) is 3.90. The lowest BCUT2D eigenvalue weighted by Crippen LogP contribution is -1.99. The molecule has 15 heavy (non-hydrogen) atoms. The molecule has 0 fully saturated rings. The summed E-state index contributed by atoms with van der Waals surface area (Å²) in [6.45, 7) is 1.96. The molecule has 0 aliphatic heterocycles. The lowest BCUT2D eigenvalue weighted by molar-refractivity contribution is 0.0687. The number of hydrogen-bond donors (Lipinski definition) is 1. The number of hydrogen-bond acceptors (Lipinski definition) is 4. The van der Waals surface area contributed by atoms with E-state index in [1.165, 1.54) is 11.8 Å². The normalized spacial score (nSPS) is 10.7. The number of carboxylic acids is 1. The van der Waals surface area contributed by atoms with Crippen LogP contribution < -0.4 is 0 Å².